The highest BCUT2D eigenvalue weighted by Crippen LogP contribution is 2.15. The largest absolute Gasteiger partial charge is 0.408 e. The fourth-order valence-electron chi connectivity index (χ4n) is 0.888. The monoisotopic (exact) mass is 218 g/mol. The van der Waals surface area contributed by atoms with E-state index in [1.165, 1.54) is 0 Å². The molecule has 0 N–H and O–H groups in total. The van der Waals surface area contributed by atoms with Crippen molar-refractivity contribution in [3.63, 3.8) is 0 Å². The van der Waals surface area contributed by atoms with Crippen molar-refractivity contribution in [1.29, 1.82) is 0 Å². The summed E-state index contributed by atoms with van der Waals surface area (Å²) in [6.45, 7) is 19.2. The molecule has 1 unspecified atom stereocenters. The first-order chi connectivity index (χ1) is 7.02. The standard InChI is InChI=1S/C13H18OSi/c1-7-13(14-15-6)9-8-11(4)12(5)10(2)3/h7-9,13H,1-2,4-5H2,3,6H3. The van der Waals surface area contributed by atoms with Crippen molar-refractivity contribution < 1.29 is 4.43 Å². The smallest absolute Gasteiger partial charge is 0.227 e. The van der Waals surface area contributed by atoms with Crippen LogP contribution in [0.4, 0.5) is 0 Å². The maximum Gasteiger partial charge on any atom is 0.227 e. The number of rotatable bonds is 7. The molecule has 0 aromatic carbocycles. The summed E-state index contributed by atoms with van der Waals surface area (Å²) in [6.07, 6.45) is 5.51. The van der Waals surface area contributed by atoms with E-state index < -0.39 is 0 Å². The third-order valence-electron chi connectivity index (χ3n) is 1.88. The van der Waals surface area contributed by atoms with Gasteiger partial charge in [0.2, 0.25) is 9.76 Å². The Hall–Kier alpha value is -1.12. The van der Waals surface area contributed by atoms with Gasteiger partial charge < -0.3 is 4.43 Å². The fraction of sp³-hybridized carbons (Fsp3) is 0.231. The predicted molar refractivity (Wildman–Crippen MR) is 68.9 cm³/mol. The van der Waals surface area contributed by atoms with Crippen LogP contribution in [0.1, 0.15) is 6.92 Å². The van der Waals surface area contributed by atoms with E-state index in [1.54, 1.807) is 6.08 Å². The van der Waals surface area contributed by atoms with Gasteiger partial charge in [-0.15, -0.1) is 6.58 Å². The van der Waals surface area contributed by atoms with Gasteiger partial charge in [-0.05, 0) is 24.6 Å². The lowest BCUT2D eigenvalue weighted by molar-refractivity contribution is 0.317. The molecule has 0 amide bonds. The summed E-state index contributed by atoms with van der Waals surface area (Å²) in [5.41, 5.74) is 2.66. The molecule has 0 saturated carbocycles. The molecule has 2 radical (unpaired) electrons. The highest BCUT2D eigenvalue weighted by atomic mass is 28.2. The number of hydrogen-bond acceptors (Lipinski definition) is 1. The third-order valence-corrected chi connectivity index (χ3v) is 2.38. The van der Waals surface area contributed by atoms with Gasteiger partial charge in [-0.25, -0.2) is 0 Å². The minimum Gasteiger partial charge on any atom is -0.408 e. The van der Waals surface area contributed by atoms with E-state index in [0.717, 1.165) is 16.7 Å². The van der Waals surface area contributed by atoms with Gasteiger partial charge in [0.05, 0.1) is 6.10 Å². The summed E-state index contributed by atoms with van der Waals surface area (Å²) in [5, 5.41) is 0. The molecule has 0 aromatic heterocycles. The SMILES string of the molecule is C=CC(C=CC(=C)C(=C)C(=C)C)O[Si]C. The minimum absolute atomic E-state index is 0.0528. The summed E-state index contributed by atoms with van der Waals surface area (Å²) in [6, 6.07) is 0. The zero-order chi connectivity index (χ0) is 11.8. The van der Waals surface area contributed by atoms with Gasteiger partial charge in [0, 0.05) is 0 Å². The first-order valence-electron chi connectivity index (χ1n) is 4.70. The quantitative estimate of drug-likeness (QED) is 0.361. The molecule has 0 heterocycles. The van der Waals surface area contributed by atoms with Crippen molar-refractivity contribution in [2.45, 2.75) is 19.6 Å². The van der Waals surface area contributed by atoms with Crippen LogP contribution in [0.25, 0.3) is 0 Å². The van der Waals surface area contributed by atoms with Crippen LogP contribution in [0.15, 0.2) is 61.3 Å². The Morgan fingerprint density at radius 3 is 2.33 bits per heavy atom. The molecule has 0 bridgehead atoms. The van der Waals surface area contributed by atoms with Crippen LogP contribution in [0, 0.1) is 0 Å². The summed E-state index contributed by atoms with van der Waals surface area (Å²) in [7, 11) is 0.446. The molecule has 0 aliphatic heterocycles. The van der Waals surface area contributed by atoms with E-state index in [9.17, 15) is 0 Å². The zero-order valence-electron chi connectivity index (χ0n) is 9.55. The first kappa shape index (κ1) is 13.9. The number of allylic oxidation sites excluding steroid dienone is 4. The molecule has 80 valence electrons. The Bertz CT molecular complexity index is 300. The molecule has 2 heteroatoms. The molecule has 1 nitrogen and oxygen atoms in total. The van der Waals surface area contributed by atoms with Crippen LogP contribution >= 0.6 is 0 Å². The summed E-state index contributed by atoms with van der Waals surface area (Å²) >= 11 is 0. The molecule has 0 fully saturated rings. The van der Waals surface area contributed by atoms with Crippen molar-refractivity contribution in [2.24, 2.45) is 0 Å². The van der Waals surface area contributed by atoms with E-state index in [1.807, 2.05) is 25.6 Å². The third kappa shape index (κ3) is 5.35. The lowest BCUT2D eigenvalue weighted by atomic mass is 10.0. The van der Waals surface area contributed by atoms with Crippen LogP contribution in [-0.4, -0.2) is 15.9 Å². The summed E-state index contributed by atoms with van der Waals surface area (Å²) in [5.74, 6) is 0. The van der Waals surface area contributed by atoms with Crippen molar-refractivity contribution in [3.05, 3.63) is 61.3 Å². The van der Waals surface area contributed by atoms with Gasteiger partial charge in [-0.2, -0.15) is 0 Å². The van der Waals surface area contributed by atoms with Gasteiger partial charge >= 0.3 is 0 Å². The van der Waals surface area contributed by atoms with E-state index in [4.69, 9.17) is 4.43 Å². The van der Waals surface area contributed by atoms with E-state index in [-0.39, 0.29) is 6.10 Å². The summed E-state index contributed by atoms with van der Waals surface area (Å²) < 4.78 is 5.41. The van der Waals surface area contributed by atoms with Crippen molar-refractivity contribution in [1.82, 2.24) is 0 Å². The van der Waals surface area contributed by atoms with E-state index in [2.05, 4.69) is 26.3 Å². The first-order valence-corrected chi connectivity index (χ1v) is 6.11. The average molecular weight is 218 g/mol. The molecule has 0 aliphatic carbocycles. The zero-order valence-corrected chi connectivity index (χ0v) is 10.5. The minimum atomic E-state index is -0.0528. The molecule has 0 aromatic rings. The van der Waals surface area contributed by atoms with Crippen molar-refractivity contribution in [3.8, 4) is 0 Å². The van der Waals surface area contributed by atoms with E-state index >= 15 is 0 Å². The van der Waals surface area contributed by atoms with Crippen LogP contribution in [0.5, 0.6) is 0 Å². The van der Waals surface area contributed by atoms with Crippen molar-refractivity contribution in [2.75, 3.05) is 0 Å². The van der Waals surface area contributed by atoms with Crippen LogP contribution in [0.2, 0.25) is 6.55 Å². The molecular weight excluding hydrogens is 200 g/mol. The van der Waals surface area contributed by atoms with E-state index in [0.29, 0.717) is 9.76 Å². The Kier molecular flexibility index (Phi) is 6.67. The average Bonchev–Trinajstić information content (AvgIpc) is 2.22. The molecule has 0 spiro atoms. The second-order valence-electron chi connectivity index (χ2n) is 3.17. The topological polar surface area (TPSA) is 9.23 Å². The van der Waals surface area contributed by atoms with Gasteiger partial charge in [-0.3, -0.25) is 0 Å². The maximum absolute atomic E-state index is 5.41. The highest BCUT2D eigenvalue weighted by Gasteiger charge is 2.00. The summed E-state index contributed by atoms with van der Waals surface area (Å²) in [4.78, 5) is 0. The van der Waals surface area contributed by atoms with Gasteiger partial charge in [0.15, 0.2) is 0 Å². The molecule has 1 atom stereocenters. The van der Waals surface area contributed by atoms with Gasteiger partial charge in [0.1, 0.15) is 0 Å². The van der Waals surface area contributed by atoms with Gasteiger partial charge in [0.25, 0.3) is 0 Å². The fourth-order valence-corrected chi connectivity index (χ4v) is 1.33. The van der Waals surface area contributed by atoms with Crippen LogP contribution in [-0.2, 0) is 4.43 Å². The molecule has 0 rings (SSSR count). The molecule has 15 heavy (non-hydrogen) atoms. The lowest BCUT2D eigenvalue weighted by Gasteiger charge is -2.08. The Balaban J connectivity index is 4.38. The Morgan fingerprint density at radius 1 is 1.33 bits per heavy atom. The Morgan fingerprint density at radius 2 is 1.93 bits per heavy atom. The Labute approximate surface area is 95.5 Å². The van der Waals surface area contributed by atoms with Gasteiger partial charge in [-0.1, -0.05) is 43.5 Å². The number of hydrogen-bond donors (Lipinski definition) is 0. The second-order valence-corrected chi connectivity index (χ2v) is 3.81. The van der Waals surface area contributed by atoms with Crippen LogP contribution in [0.3, 0.4) is 0 Å². The second kappa shape index (κ2) is 7.21. The molecule has 0 aliphatic rings. The lowest BCUT2D eigenvalue weighted by Crippen LogP contribution is -2.07. The maximum atomic E-state index is 5.41. The molecule has 0 saturated heterocycles. The molecular formula is C13H18OSi. The predicted octanol–water partition coefficient (Wildman–Crippen LogP) is 3.47. The highest BCUT2D eigenvalue weighted by molar-refractivity contribution is 6.24. The normalized spacial score (nSPS) is 12.4. The van der Waals surface area contributed by atoms with Crippen molar-refractivity contribution >= 4 is 9.76 Å². The van der Waals surface area contributed by atoms with Crippen LogP contribution < -0.4 is 0 Å².